The molecule has 0 aromatic heterocycles. The van der Waals surface area contributed by atoms with Crippen molar-refractivity contribution >= 4 is 23.8 Å². The van der Waals surface area contributed by atoms with E-state index in [0.717, 1.165) is 31.4 Å². The molecule has 1 saturated heterocycles. The molecular weight excluding hydrogens is 366 g/mol. The Bertz CT molecular complexity index is 695. The van der Waals surface area contributed by atoms with Crippen LogP contribution in [0.2, 0.25) is 0 Å². The van der Waals surface area contributed by atoms with Crippen LogP contribution in [0.5, 0.6) is 0 Å². The largest absolute Gasteiger partial charge is 0.356 e. The minimum absolute atomic E-state index is 0.0284. The number of hydrogen-bond acceptors (Lipinski definition) is 3. The van der Waals surface area contributed by atoms with Crippen molar-refractivity contribution in [1.29, 1.82) is 0 Å². The van der Waals surface area contributed by atoms with Crippen molar-refractivity contribution in [3.63, 3.8) is 0 Å². The molecule has 0 bridgehead atoms. The number of unbranched alkanes of at least 4 members (excludes halogenated alkanes) is 2. The number of hydrogen-bond donors (Lipinski definition) is 2. The lowest BCUT2D eigenvalue weighted by Gasteiger charge is -2.33. The van der Waals surface area contributed by atoms with Crippen LogP contribution in [0.1, 0.15) is 51.5 Å². The second kappa shape index (κ2) is 12.0. The van der Waals surface area contributed by atoms with Gasteiger partial charge in [-0.05, 0) is 37.8 Å². The SMILES string of the molecule is CCCCCNC(=O)C1CCN(C(=O)C(C)NC(=O)/C=C/c2ccccc2)CC1. The lowest BCUT2D eigenvalue weighted by atomic mass is 9.95. The highest BCUT2D eigenvalue weighted by atomic mass is 16.2. The molecule has 1 atom stereocenters. The Morgan fingerprint density at radius 1 is 1.14 bits per heavy atom. The van der Waals surface area contributed by atoms with Crippen LogP contribution in [0.3, 0.4) is 0 Å². The topological polar surface area (TPSA) is 78.5 Å². The number of rotatable bonds is 9. The van der Waals surface area contributed by atoms with E-state index in [-0.39, 0.29) is 23.6 Å². The maximum absolute atomic E-state index is 12.6. The highest BCUT2D eigenvalue weighted by molar-refractivity contribution is 5.95. The van der Waals surface area contributed by atoms with Gasteiger partial charge in [0.05, 0.1) is 0 Å². The summed E-state index contributed by atoms with van der Waals surface area (Å²) >= 11 is 0. The summed E-state index contributed by atoms with van der Waals surface area (Å²) < 4.78 is 0. The van der Waals surface area contributed by atoms with E-state index < -0.39 is 6.04 Å². The van der Waals surface area contributed by atoms with Crippen molar-refractivity contribution in [2.45, 2.75) is 52.0 Å². The van der Waals surface area contributed by atoms with E-state index in [9.17, 15) is 14.4 Å². The minimum Gasteiger partial charge on any atom is -0.356 e. The molecule has 6 heteroatoms. The number of carbonyl (C=O) groups is 3. The van der Waals surface area contributed by atoms with Gasteiger partial charge in [0, 0.05) is 31.6 Å². The molecule has 1 unspecified atom stereocenters. The third-order valence-corrected chi connectivity index (χ3v) is 5.21. The molecule has 2 N–H and O–H groups in total. The van der Waals surface area contributed by atoms with Gasteiger partial charge in [0.2, 0.25) is 17.7 Å². The predicted octanol–water partition coefficient (Wildman–Crippen LogP) is 2.75. The first-order valence-electron chi connectivity index (χ1n) is 10.6. The van der Waals surface area contributed by atoms with E-state index in [2.05, 4.69) is 17.6 Å². The molecular formula is C23H33N3O3. The first-order chi connectivity index (χ1) is 14.0. The molecule has 1 aromatic carbocycles. The molecule has 3 amide bonds. The number of likely N-dealkylation sites (tertiary alicyclic amines) is 1. The summed E-state index contributed by atoms with van der Waals surface area (Å²) in [4.78, 5) is 38.7. The molecule has 0 radical (unpaired) electrons. The quantitative estimate of drug-likeness (QED) is 0.495. The number of carbonyl (C=O) groups excluding carboxylic acids is 3. The van der Waals surface area contributed by atoms with E-state index in [0.29, 0.717) is 25.9 Å². The fourth-order valence-electron chi connectivity index (χ4n) is 3.43. The highest BCUT2D eigenvalue weighted by Gasteiger charge is 2.29. The van der Waals surface area contributed by atoms with Gasteiger partial charge in [0.25, 0.3) is 0 Å². The molecule has 1 heterocycles. The van der Waals surface area contributed by atoms with Crippen LogP contribution in [0.25, 0.3) is 6.08 Å². The number of nitrogens with zero attached hydrogens (tertiary/aromatic N) is 1. The molecule has 158 valence electrons. The third kappa shape index (κ3) is 7.72. The molecule has 0 spiro atoms. The van der Waals surface area contributed by atoms with E-state index >= 15 is 0 Å². The van der Waals surface area contributed by atoms with Gasteiger partial charge in [-0.2, -0.15) is 0 Å². The lowest BCUT2D eigenvalue weighted by Crippen LogP contribution is -2.50. The first kappa shape index (κ1) is 22.7. The fraction of sp³-hybridized carbons (Fsp3) is 0.522. The van der Waals surface area contributed by atoms with Gasteiger partial charge in [0.1, 0.15) is 6.04 Å². The van der Waals surface area contributed by atoms with Crippen molar-refractivity contribution in [2.75, 3.05) is 19.6 Å². The maximum atomic E-state index is 12.6. The summed E-state index contributed by atoms with van der Waals surface area (Å²) in [5.41, 5.74) is 0.927. The molecule has 1 aliphatic rings. The molecule has 1 aromatic rings. The van der Waals surface area contributed by atoms with E-state index in [4.69, 9.17) is 0 Å². The van der Waals surface area contributed by atoms with E-state index in [1.807, 2.05) is 30.3 Å². The minimum atomic E-state index is -0.595. The Kier molecular flexibility index (Phi) is 9.41. The molecule has 6 nitrogen and oxygen atoms in total. The van der Waals surface area contributed by atoms with E-state index in [1.54, 1.807) is 17.9 Å². The molecule has 1 aliphatic heterocycles. The van der Waals surface area contributed by atoms with Crippen LogP contribution >= 0.6 is 0 Å². The zero-order valence-electron chi connectivity index (χ0n) is 17.5. The Hall–Kier alpha value is -2.63. The molecule has 0 aliphatic carbocycles. The highest BCUT2D eigenvalue weighted by Crippen LogP contribution is 2.18. The number of piperidine rings is 1. The zero-order valence-corrected chi connectivity index (χ0v) is 17.5. The third-order valence-electron chi connectivity index (χ3n) is 5.21. The monoisotopic (exact) mass is 399 g/mol. The second-order valence-corrected chi connectivity index (χ2v) is 7.57. The van der Waals surface area contributed by atoms with Crippen molar-refractivity contribution in [3.05, 3.63) is 42.0 Å². The Balaban J connectivity index is 1.73. The van der Waals surface area contributed by atoms with Gasteiger partial charge in [-0.1, -0.05) is 50.1 Å². The van der Waals surface area contributed by atoms with Crippen LogP contribution in [0.15, 0.2) is 36.4 Å². The molecule has 29 heavy (non-hydrogen) atoms. The average Bonchev–Trinajstić information content (AvgIpc) is 2.75. The Labute approximate surface area is 173 Å². The summed E-state index contributed by atoms with van der Waals surface area (Å²) in [7, 11) is 0. The van der Waals surface area contributed by atoms with Gasteiger partial charge in [-0.3, -0.25) is 14.4 Å². The van der Waals surface area contributed by atoms with Crippen molar-refractivity contribution in [1.82, 2.24) is 15.5 Å². The zero-order chi connectivity index (χ0) is 21.1. The Morgan fingerprint density at radius 2 is 1.83 bits per heavy atom. The van der Waals surface area contributed by atoms with Crippen molar-refractivity contribution in [3.8, 4) is 0 Å². The van der Waals surface area contributed by atoms with Gasteiger partial charge < -0.3 is 15.5 Å². The second-order valence-electron chi connectivity index (χ2n) is 7.57. The number of benzene rings is 1. The lowest BCUT2D eigenvalue weighted by molar-refractivity contribution is -0.138. The molecule has 0 saturated carbocycles. The van der Waals surface area contributed by atoms with Crippen LogP contribution < -0.4 is 10.6 Å². The number of nitrogens with one attached hydrogen (secondary N) is 2. The summed E-state index contributed by atoms with van der Waals surface area (Å²) in [5, 5.41) is 5.73. The van der Waals surface area contributed by atoms with Crippen LogP contribution in [-0.4, -0.2) is 48.3 Å². The summed E-state index contributed by atoms with van der Waals surface area (Å²) in [5.74, 6) is -0.329. The van der Waals surface area contributed by atoms with Crippen molar-refractivity contribution < 1.29 is 14.4 Å². The van der Waals surface area contributed by atoms with Crippen LogP contribution in [0.4, 0.5) is 0 Å². The first-order valence-corrected chi connectivity index (χ1v) is 10.6. The summed E-state index contributed by atoms with van der Waals surface area (Å²) in [6.45, 7) is 5.66. The number of amides is 3. The summed E-state index contributed by atoms with van der Waals surface area (Å²) in [6.07, 6.45) is 7.76. The average molecular weight is 400 g/mol. The van der Waals surface area contributed by atoms with Gasteiger partial charge in [0.15, 0.2) is 0 Å². The standard InChI is InChI=1S/C23H33N3O3/c1-3-4-8-15-24-22(28)20-13-16-26(17-14-20)23(29)18(2)25-21(27)12-11-19-9-6-5-7-10-19/h5-7,9-12,18,20H,3-4,8,13-17H2,1-2H3,(H,24,28)(H,25,27)/b12-11+. The van der Waals surface area contributed by atoms with Gasteiger partial charge >= 0.3 is 0 Å². The smallest absolute Gasteiger partial charge is 0.244 e. The van der Waals surface area contributed by atoms with Gasteiger partial charge in [-0.15, -0.1) is 0 Å². The molecule has 2 rings (SSSR count). The fourth-order valence-corrected chi connectivity index (χ4v) is 3.43. The molecule has 1 fully saturated rings. The maximum Gasteiger partial charge on any atom is 0.244 e. The van der Waals surface area contributed by atoms with Crippen LogP contribution in [-0.2, 0) is 14.4 Å². The van der Waals surface area contributed by atoms with E-state index in [1.165, 1.54) is 6.08 Å². The van der Waals surface area contributed by atoms with Gasteiger partial charge in [-0.25, -0.2) is 0 Å². The summed E-state index contributed by atoms with van der Waals surface area (Å²) in [6, 6.07) is 8.93. The Morgan fingerprint density at radius 3 is 2.48 bits per heavy atom. The van der Waals surface area contributed by atoms with Crippen LogP contribution in [0, 0.1) is 5.92 Å². The predicted molar refractivity (Wildman–Crippen MR) is 115 cm³/mol. The van der Waals surface area contributed by atoms with Crippen molar-refractivity contribution in [2.24, 2.45) is 5.92 Å². The normalized spacial score (nSPS) is 15.9.